The molecule has 6 heteroatoms. The van der Waals surface area contributed by atoms with Gasteiger partial charge >= 0.3 is 6.03 Å². The van der Waals surface area contributed by atoms with E-state index in [9.17, 15) is 4.79 Å². The number of hydrogen-bond acceptors (Lipinski definition) is 4. The van der Waals surface area contributed by atoms with E-state index in [1.807, 2.05) is 32.0 Å². The lowest BCUT2D eigenvalue weighted by Crippen LogP contribution is -2.47. The van der Waals surface area contributed by atoms with Gasteiger partial charge in [0.2, 0.25) is 6.79 Å². The van der Waals surface area contributed by atoms with E-state index in [0.717, 1.165) is 36.5 Å². The van der Waals surface area contributed by atoms with Crippen molar-refractivity contribution >= 4 is 6.03 Å². The Balaban J connectivity index is 1.59. The van der Waals surface area contributed by atoms with Crippen molar-refractivity contribution in [3.63, 3.8) is 0 Å². The summed E-state index contributed by atoms with van der Waals surface area (Å²) in [6.07, 6.45) is 2.21. The van der Waals surface area contributed by atoms with Crippen LogP contribution in [0, 0.1) is 0 Å². The lowest BCUT2D eigenvalue weighted by molar-refractivity contribution is 0.0832. The van der Waals surface area contributed by atoms with Crippen molar-refractivity contribution in [3.8, 4) is 11.5 Å². The highest BCUT2D eigenvalue weighted by Crippen LogP contribution is 2.32. The van der Waals surface area contributed by atoms with Gasteiger partial charge in [-0.05, 0) is 44.4 Å². The van der Waals surface area contributed by atoms with Crippen molar-refractivity contribution in [2.24, 2.45) is 0 Å². The van der Waals surface area contributed by atoms with Gasteiger partial charge in [-0.3, -0.25) is 0 Å². The van der Waals surface area contributed by atoms with Crippen LogP contribution in [0.2, 0.25) is 0 Å². The first-order valence-corrected chi connectivity index (χ1v) is 8.23. The Morgan fingerprint density at radius 3 is 2.96 bits per heavy atom. The van der Waals surface area contributed by atoms with E-state index in [1.54, 1.807) is 4.90 Å². The molecule has 2 atom stereocenters. The molecule has 3 rings (SSSR count). The Morgan fingerprint density at radius 2 is 2.22 bits per heavy atom. The van der Waals surface area contributed by atoms with E-state index in [1.165, 1.54) is 0 Å². The first kappa shape index (κ1) is 15.9. The predicted molar refractivity (Wildman–Crippen MR) is 85.6 cm³/mol. The van der Waals surface area contributed by atoms with Crippen molar-refractivity contribution in [1.82, 2.24) is 10.2 Å². The lowest BCUT2D eigenvalue weighted by Gasteiger charge is -2.26. The van der Waals surface area contributed by atoms with Gasteiger partial charge in [-0.25, -0.2) is 4.79 Å². The van der Waals surface area contributed by atoms with Crippen molar-refractivity contribution < 1.29 is 19.0 Å². The lowest BCUT2D eigenvalue weighted by atomic mass is 10.1. The monoisotopic (exact) mass is 320 g/mol. The first-order valence-electron chi connectivity index (χ1n) is 8.23. The molecule has 1 fully saturated rings. The number of fused-ring (bicyclic) bond motifs is 1. The van der Waals surface area contributed by atoms with Gasteiger partial charge in [0.1, 0.15) is 0 Å². The molecule has 1 aromatic carbocycles. The van der Waals surface area contributed by atoms with Crippen LogP contribution in [-0.2, 0) is 11.3 Å². The van der Waals surface area contributed by atoms with Gasteiger partial charge in [0.25, 0.3) is 0 Å². The quantitative estimate of drug-likeness (QED) is 0.905. The Morgan fingerprint density at radius 1 is 1.39 bits per heavy atom. The molecule has 0 saturated carbocycles. The predicted octanol–water partition coefficient (Wildman–Crippen LogP) is 2.51. The zero-order valence-electron chi connectivity index (χ0n) is 13.7. The maximum Gasteiger partial charge on any atom is 0.317 e. The Hall–Kier alpha value is -1.95. The highest BCUT2D eigenvalue weighted by molar-refractivity contribution is 5.74. The molecule has 126 valence electrons. The van der Waals surface area contributed by atoms with Crippen LogP contribution >= 0.6 is 0 Å². The van der Waals surface area contributed by atoms with Crippen molar-refractivity contribution in [1.29, 1.82) is 0 Å². The minimum absolute atomic E-state index is 0.0239. The van der Waals surface area contributed by atoms with Crippen molar-refractivity contribution in [3.05, 3.63) is 23.8 Å². The average Bonchev–Trinajstić information content (AvgIpc) is 3.22. The maximum atomic E-state index is 12.5. The molecule has 1 N–H and O–H groups in total. The number of carbonyl (C=O) groups excluding carboxylic acids is 1. The van der Waals surface area contributed by atoms with Crippen LogP contribution in [0.25, 0.3) is 0 Å². The molecule has 0 unspecified atom stereocenters. The van der Waals surface area contributed by atoms with Gasteiger partial charge < -0.3 is 24.4 Å². The maximum absolute atomic E-state index is 12.5. The van der Waals surface area contributed by atoms with E-state index >= 15 is 0 Å². The fraction of sp³-hybridized carbons (Fsp3) is 0.588. The van der Waals surface area contributed by atoms with E-state index in [4.69, 9.17) is 14.2 Å². The van der Waals surface area contributed by atoms with Crippen LogP contribution < -0.4 is 14.8 Å². The third-order valence-corrected chi connectivity index (χ3v) is 4.35. The van der Waals surface area contributed by atoms with Crippen LogP contribution in [0.3, 0.4) is 0 Å². The zero-order valence-corrected chi connectivity index (χ0v) is 13.7. The largest absolute Gasteiger partial charge is 0.454 e. The molecule has 1 aromatic rings. The number of hydrogen-bond donors (Lipinski definition) is 1. The molecule has 0 aliphatic carbocycles. The summed E-state index contributed by atoms with van der Waals surface area (Å²) in [6.45, 7) is 6.20. The van der Waals surface area contributed by atoms with Crippen LogP contribution in [0.1, 0.15) is 32.3 Å². The van der Waals surface area contributed by atoms with Gasteiger partial charge in [-0.1, -0.05) is 6.07 Å². The SMILES string of the molecule is CCN(Cc1ccc2c(c1)OCO2)C(=O)N[C@H](C)[C@@H]1CCCO1. The van der Waals surface area contributed by atoms with Crippen molar-refractivity contribution in [2.45, 2.75) is 45.4 Å². The Kier molecular flexibility index (Phi) is 4.91. The molecular weight excluding hydrogens is 296 g/mol. The molecule has 23 heavy (non-hydrogen) atoms. The summed E-state index contributed by atoms with van der Waals surface area (Å²) >= 11 is 0. The van der Waals surface area contributed by atoms with Gasteiger partial charge in [-0.2, -0.15) is 0 Å². The molecule has 1 saturated heterocycles. The first-order chi connectivity index (χ1) is 11.2. The second-order valence-electron chi connectivity index (χ2n) is 5.99. The third kappa shape index (κ3) is 3.69. The van der Waals surface area contributed by atoms with Crippen LogP contribution in [0.4, 0.5) is 4.79 Å². The molecule has 0 bridgehead atoms. The molecule has 2 heterocycles. The third-order valence-electron chi connectivity index (χ3n) is 4.35. The highest BCUT2D eigenvalue weighted by atomic mass is 16.7. The number of rotatable bonds is 5. The molecule has 2 aliphatic rings. The molecular formula is C17H24N2O4. The summed E-state index contributed by atoms with van der Waals surface area (Å²) in [5.74, 6) is 1.50. The molecule has 0 aromatic heterocycles. The molecule has 0 spiro atoms. The number of carbonyl (C=O) groups is 1. The number of nitrogens with zero attached hydrogens (tertiary/aromatic N) is 1. The highest BCUT2D eigenvalue weighted by Gasteiger charge is 2.25. The summed E-state index contributed by atoms with van der Waals surface area (Å²) in [7, 11) is 0. The average molecular weight is 320 g/mol. The number of nitrogens with one attached hydrogen (secondary N) is 1. The van der Waals surface area contributed by atoms with Gasteiger partial charge in [0.15, 0.2) is 11.5 Å². The minimum atomic E-state index is -0.0619. The van der Waals surface area contributed by atoms with E-state index < -0.39 is 0 Å². The number of amides is 2. The van der Waals surface area contributed by atoms with Crippen LogP contribution in [0.5, 0.6) is 11.5 Å². The van der Waals surface area contributed by atoms with E-state index in [2.05, 4.69) is 5.32 Å². The van der Waals surface area contributed by atoms with E-state index in [-0.39, 0.29) is 25.0 Å². The fourth-order valence-electron chi connectivity index (χ4n) is 2.96. The number of benzene rings is 1. The van der Waals surface area contributed by atoms with Gasteiger partial charge in [0, 0.05) is 19.7 Å². The Bertz CT molecular complexity index is 558. The van der Waals surface area contributed by atoms with Gasteiger partial charge in [0.05, 0.1) is 12.1 Å². The van der Waals surface area contributed by atoms with Crippen molar-refractivity contribution in [2.75, 3.05) is 19.9 Å². The summed E-state index contributed by atoms with van der Waals surface area (Å²) in [6, 6.07) is 5.75. The molecule has 0 radical (unpaired) electrons. The smallest absolute Gasteiger partial charge is 0.317 e. The summed E-state index contributed by atoms with van der Waals surface area (Å²) in [4.78, 5) is 14.3. The fourth-order valence-corrected chi connectivity index (χ4v) is 2.96. The molecule has 2 aliphatic heterocycles. The number of urea groups is 1. The minimum Gasteiger partial charge on any atom is -0.454 e. The zero-order chi connectivity index (χ0) is 16.2. The molecule has 2 amide bonds. The van der Waals surface area contributed by atoms with Crippen LogP contribution in [-0.4, -0.2) is 43.0 Å². The summed E-state index contributed by atoms with van der Waals surface area (Å²) in [5, 5.41) is 3.05. The Labute approximate surface area is 136 Å². The standard InChI is InChI=1S/C17H24N2O4/c1-3-19(17(20)18-12(2)14-5-4-8-21-14)10-13-6-7-15-16(9-13)23-11-22-15/h6-7,9,12,14H,3-5,8,10-11H2,1-2H3,(H,18,20)/t12-,14+/m1/s1. The number of ether oxygens (including phenoxy) is 3. The second kappa shape index (κ2) is 7.08. The normalized spacial score (nSPS) is 20.3. The summed E-state index contributed by atoms with van der Waals surface area (Å²) in [5.41, 5.74) is 1.02. The second-order valence-corrected chi connectivity index (χ2v) is 5.99. The van der Waals surface area contributed by atoms with E-state index in [0.29, 0.717) is 13.1 Å². The topological polar surface area (TPSA) is 60.0 Å². The van der Waals surface area contributed by atoms with Crippen LogP contribution in [0.15, 0.2) is 18.2 Å². The van der Waals surface area contributed by atoms with Gasteiger partial charge in [-0.15, -0.1) is 0 Å². The molecule has 6 nitrogen and oxygen atoms in total. The summed E-state index contributed by atoms with van der Waals surface area (Å²) < 4.78 is 16.3.